The van der Waals surface area contributed by atoms with Crippen molar-refractivity contribution in [3.63, 3.8) is 0 Å². The van der Waals surface area contributed by atoms with E-state index in [2.05, 4.69) is 58.3 Å². The van der Waals surface area contributed by atoms with Gasteiger partial charge in [0.2, 0.25) is 0 Å². The second-order valence-electron chi connectivity index (χ2n) is 18.5. The Bertz CT molecular complexity index is 1930. The number of ether oxygens (including phenoxy) is 7. The van der Waals surface area contributed by atoms with Crippen molar-refractivity contribution in [1.82, 2.24) is 4.67 Å². The molecule has 5 atom stereocenters. The standard InChI is InChI=1S/C51H66NO10P/c1-36(2)52(37(3)4)63(58-35-40-25-17-11-18-26-40)57-32-30-50(7,8)56-31-29-49(5,6)48(53)59-44-46-42(54-33-38-21-13-9-14-22-38)45-43(55-34-39-23-15-10-16-24-39)47(44)62-51(60-45,61-46)41-27-19-12-20-28-41/h9-28,36-37,42-47H,29-35H2,1-8H3. The fourth-order valence-corrected chi connectivity index (χ4v) is 9.90. The van der Waals surface area contributed by atoms with Crippen LogP contribution < -0.4 is 0 Å². The van der Waals surface area contributed by atoms with Crippen LogP contribution in [-0.2, 0) is 72.8 Å². The van der Waals surface area contributed by atoms with E-state index in [0.717, 1.165) is 16.7 Å². The van der Waals surface area contributed by atoms with Gasteiger partial charge in [-0.15, -0.1) is 0 Å². The molecule has 11 nitrogen and oxygen atoms in total. The zero-order chi connectivity index (χ0) is 44.6. The predicted octanol–water partition coefficient (Wildman–Crippen LogP) is 10.3. The Morgan fingerprint density at radius 1 is 0.603 bits per heavy atom. The molecule has 1 aliphatic carbocycles. The Morgan fingerprint density at radius 3 is 1.52 bits per heavy atom. The van der Waals surface area contributed by atoms with Crippen LogP contribution in [0.1, 0.15) is 90.5 Å². The lowest BCUT2D eigenvalue weighted by Crippen LogP contribution is -2.79. The molecule has 5 unspecified atom stereocenters. The average molecular weight is 884 g/mol. The third-order valence-corrected chi connectivity index (χ3v) is 13.9. The number of benzene rings is 4. The van der Waals surface area contributed by atoms with Gasteiger partial charge >= 0.3 is 11.9 Å². The van der Waals surface area contributed by atoms with Crippen LogP contribution in [0.25, 0.3) is 0 Å². The Hall–Kier alpha value is -3.58. The van der Waals surface area contributed by atoms with Crippen molar-refractivity contribution in [2.24, 2.45) is 5.41 Å². The van der Waals surface area contributed by atoms with E-state index in [1.807, 2.05) is 123 Å². The third kappa shape index (κ3) is 11.8. The van der Waals surface area contributed by atoms with E-state index in [1.165, 1.54) is 0 Å². The summed E-state index contributed by atoms with van der Waals surface area (Å²) in [6, 6.07) is 40.1. The molecule has 4 fully saturated rings. The van der Waals surface area contributed by atoms with Crippen LogP contribution in [0.3, 0.4) is 0 Å². The van der Waals surface area contributed by atoms with Crippen LogP contribution in [-0.4, -0.2) is 78.2 Å². The smallest absolute Gasteiger partial charge is 0.313 e. The zero-order valence-electron chi connectivity index (χ0n) is 38.1. The van der Waals surface area contributed by atoms with Gasteiger partial charge in [-0.25, -0.2) is 4.67 Å². The number of hydrogen-bond acceptors (Lipinski definition) is 11. The maximum absolute atomic E-state index is 14.4. The van der Waals surface area contributed by atoms with E-state index in [-0.39, 0.29) is 18.1 Å². The number of hydrogen-bond donors (Lipinski definition) is 0. The summed E-state index contributed by atoms with van der Waals surface area (Å²) in [5, 5.41) is 0. The van der Waals surface area contributed by atoms with Gasteiger partial charge in [-0.3, -0.25) is 4.79 Å². The number of rotatable bonds is 23. The highest BCUT2D eigenvalue weighted by Gasteiger charge is 2.70. The molecule has 0 amide bonds. The first-order valence-electron chi connectivity index (χ1n) is 22.4. The highest BCUT2D eigenvalue weighted by Crippen LogP contribution is 2.53. The molecule has 4 aromatic carbocycles. The number of carbonyl (C=O) groups is 1. The first-order valence-corrected chi connectivity index (χ1v) is 23.5. The van der Waals surface area contributed by atoms with Gasteiger partial charge in [-0.1, -0.05) is 121 Å². The summed E-state index contributed by atoms with van der Waals surface area (Å²) in [7, 11) is -1.32. The molecule has 340 valence electrons. The minimum absolute atomic E-state index is 0.244. The summed E-state index contributed by atoms with van der Waals surface area (Å²) in [5.74, 6) is -1.90. The summed E-state index contributed by atoms with van der Waals surface area (Å²) in [4.78, 5) is 14.4. The number of esters is 1. The fraction of sp³-hybridized carbons (Fsp3) is 0.510. The Labute approximate surface area is 375 Å². The topological polar surface area (TPSA) is 103 Å². The average Bonchev–Trinajstić information content (AvgIpc) is 3.27. The largest absolute Gasteiger partial charge is 0.456 e. The molecular formula is C51H66NO10P. The van der Waals surface area contributed by atoms with E-state index in [4.69, 9.17) is 42.2 Å². The van der Waals surface area contributed by atoms with Crippen molar-refractivity contribution in [3.05, 3.63) is 144 Å². The van der Waals surface area contributed by atoms with Crippen molar-refractivity contribution >= 4 is 14.5 Å². The molecule has 3 saturated heterocycles. The predicted molar refractivity (Wildman–Crippen MR) is 242 cm³/mol. The van der Waals surface area contributed by atoms with Crippen LogP contribution in [0.2, 0.25) is 0 Å². The zero-order valence-corrected chi connectivity index (χ0v) is 39.0. The van der Waals surface area contributed by atoms with Crippen LogP contribution in [0.5, 0.6) is 0 Å². The summed E-state index contributed by atoms with van der Waals surface area (Å²) in [6.45, 7) is 18.4. The van der Waals surface area contributed by atoms with E-state index in [0.29, 0.717) is 51.4 Å². The van der Waals surface area contributed by atoms with Gasteiger partial charge in [0.15, 0.2) is 6.10 Å². The molecule has 0 N–H and O–H groups in total. The maximum Gasteiger partial charge on any atom is 0.313 e. The number of carbonyl (C=O) groups excluding carboxylic acids is 1. The molecule has 4 bridgehead atoms. The van der Waals surface area contributed by atoms with E-state index >= 15 is 0 Å². The lowest BCUT2D eigenvalue weighted by molar-refractivity contribution is -0.552. The normalized spacial score (nSPS) is 24.9. The minimum Gasteiger partial charge on any atom is -0.456 e. The maximum atomic E-state index is 14.4. The van der Waals surface area contributed by atoms with Crippen molar-refractivity contribution in [1.29, 1.82) is 0 Å². The molecule has 3 aliphatic heterocycles. The van der Waals surface area contributed by atoms with Gasteiger partial charge in [0, 0.05) is 24.3 Å². The lowest BCUT2D eigenvalue weighted by atomic mass is 9.80. The summed E-state index contributed by atoms with van der Waals surface area (Å²) >= 11 is 0. The van der Waals surface area contributed by atoms with Crippen LogP contribution >= 0.6 is 8.53 Å². The van der Waals surface area contributed by atoms with Gasteiger partial charge in [-0.05, 0) is 84.9 Å². The number of nitrogens with zero attached hydrogens (tertiary/aromatic N) is 1. The monoisotopic (exact) mass is 883 g/mol. The second kappa shape index (κ2) is 21.2. The molecule has 8 rings (SSSR count). The van der Waals surface area contributed by atoms with Crippen molar-refractivity contribution in [2.45, 2.75) is 148 Å². The Kier molecular flexibility index (Phi) is 15.9. The van der Waals surface area contributed by atoms with Gasteiger partial charge < -0.3 is 42.2 Å². The molecule has 63 heavy (non-hydrogen) atoms. The van der Waals surface area contributed by atoms with Crippen LogP contribution in [0.4, 0.5) is 0 Å². The van der Waals surface area contributed by atoms with Gasteiger partial charge in [0.1, 0.15) is 30.5 Å². The molecule has 4 aliphatic rings. The van der Waals surface area contributed by atoms with Crippen LogP contribution in [0, 0.1) is 5.41 Å². The summed E-state index contributed by atoms with van der Waals surface area (Å²) in [5.41, 5.74) is 2.36. The van der Waals surface area contributed by atoms with Crippen molar-refractivity contribution in [2.75, 3.05) is 13.2 Å². The SMILES string of the molecule is CC(C)N(C(C)C)P(OCCC(C)(C)OCCC(C)(C)C(=O)OC1C2OC3(c4ccccc4)OC(C2OCc2ccccc2)C(OCc2ccccc2)C1O3)OCc1ccccc1. The Balaban J connectivity index is 1.02. The van der Waals surface area contributed by atoms with Gasteiger partial charge in [0.05, 0.1) is 37.4 Å². The third-order valence-electron chi connectivity index (χ3n) is 11.9. The van der Waals surface area contributed by atoms with Gasteiger partial charge in [-0.2, -0.15) is 0 Å². The first kappa shape index (κ1) is 47.4. The van der Waals surface area contributed by atoms with E-state index < -0.39 is 62.1 Å². The molecule has 1 saturated carbocycles. The summed E-state index contributed by atoms with van der Waals surface area (Å²) < 4.78 is 61.8. The molecule has 0 spiro atoms. The molecule has 3 heterocycles. The van der Waals surface area contributed by atoms with E-state index in [9.17, 15) is 4.79 Å². The van der Waals surface area contributed by atoms with Crippen molar-refractivity contribution in [3.8, 4) is 0 Å². The first-order chi connectivity index (χ1) is 30.3. The molecule has 4 aromatic rings. The quantitative estimate of drug-likeness (QED) is 0.0525. The highest BCUT2D eigenvalue weighted by atomic mass is 31.2. The second-order valence-corrected chi connectivity index (χ2v) is 19.9. The lowest BCUT2D eigenvalue weighted by Gasteiger charge is -2.62. The molecule has 12 heteroatoms. The van der Waals surface area contributed by atoms with Crippen LogP contribution in [0.15, 0.2) is 121 Å². The van der Waals surface area contributed by atoms with Crippen molar-refractivity contribution < 1.29 is 47.0 Å². The fourth-order valence-electron chi connectivity index (χ4n) is 8.30. The van der Waals surface area contributed by atoms with Gasteiger partial charge in [0.25, 0.3) is 8.53 Å². The minimum atomic E-state index is -1.51. The summed E-state index contributed by atoms with van der Waals surface area (Å²) in [6.07, 6.45) is -3.05. The molecule has 0 radical (unpaired) electrons. The Morgan fingerprint density at radius 2 is 1.05 bits per heavy atom. The van der Waals surface area contributed by atoms with E-state index in [1.54, 1.807) is 0 Å². The molecular weight excluding hydrogens is 818 g/mol. The molecule has 0 aromatic heterocycles. The highest BCUT2D eigenvalue weighted by molar-refractivity contribution is 7.44.